The van der Waals surface area contributed by atoms with Crippen molar-refractivity contribution in [1.29, 1.82) is 0 Å². The van der Waals surface area contributed by atoms with Crippen LogP contribution in [0.1, 0.15) is 36.8 Å². The first-order chi connectivity index (χ1) is 13.3. The largest absolute Gasteiger partial charge is 0.464 e. The summed E-state index contributed by atoms with van der Waals surface area (Å²) in [5, 5.41) is 2.52. The van der Waals surface area contributed by atoms with Crippen molar-refractivity contribution in [2.45, 2.75) is 40.3 Å². The second-order valence-corrected chi connectivity index (χ2v) is 5.89. The summed E-state index contributed by atoms with van der Waals surface area (Å²) in [4.78, 5) is 54.0. The maximum Gasteiger partial charge on any atom is 0.340 e. The molecule has 0 unspecified atom stereocenters. The minimum absolute atomic E-state index is 0.0221. The molecule has 9 nitrogen and oxygen atoms in total. The Labute approximate surface area is 161 Å². The Bertz CT molecular complexity index is 948. The number of aryl methyl sites for hydroxylation is 2. The van der Waals surface area contributed by atoms with Gasteiger partial charge in [-0.1, -0.05) is 0 Å². The van der Waals surface area contributed by atoms with Crippen LogP contribution in [-0.2, 0) is 25.6 Å². The second kappa shape index (κ2) is 9.12. The molecule has 0 aliphatic heterocycles. The van der Waals surface area contributed by atoms with Gasteiger partial charge in [0.2, 0.25) is 11.5 Å². The number of nitrogens with one attached hydrogen (secondary N) is 1. The Morgan fingerprint density at radius 1 is 1.11 bits per heavy atom. The lowest BCUT2D eigenvalue weighted by molar-refractivity contribution is -0.157. The van der Waals surface area contributed by atoms with Crippen LogP contribution in [-0.4, -0.2) is 46.7 Å². The number of esters is 2. The van der Waals surface area contributed by atoms with Gasteiger partial charge in [0, 0.05) is 18.4 Å². The molecule has 0 aromatic carbocycles. The van der Waals surface area contributed by atoms with Gasteiger partial charge in [-0.2, -0.15) is 0 Å². The Hall–Kier alpha value is -3.23. The summed E-state index contributed by atoms with van der Waals surface area (Å²) >= 11 is 0. The molecule has 2 aromatic heterocycles. The van der Waals surface area contributed by atoms with Gasteiger partial charge in [0.05, 0.1) is 18.6 Å². The summed E-state index contributed by atoms with van der Waals surface area (Å²) in [5.41, 5.74) is 0.433. The van der Waals surface area contributed by atoms with Crippen molar-refractivity contribution in [3.8, 4) is 0 Å². The zero-order valence-electron chi connectivity index (χ0n) is 16.3. The number of amides is 1. The van der Waals surface area contributed by atoms with E-state index in [9.17, 15) is 19.2 Å². The fraction of sp³-hybridized carbons (Fsp3) is 0.421. The van der Waals surface area contributed by atoms with Crippen molar-refractivity contribution in [2.24, 2.45) is 0 Å². The maximum atomic E-state index is 12.8. The van der Waals surface area contributed by atoms with Gasteiger partial charge < -0.3 is 19.4 Å². The number of ether oxygens (including phenoxy) is 2. The SMILES string of the molecule is CCOC(=O)C(NC(=O)c1cn(CC)c2nc(C)ccc2c1=O)C(=O)OCC. The molecule has 0 bridgehead atoms. The third-order valence-corrected chi connectivity index (χ3v) is 3.97. The molecule has 0 spiro atoms. The number of hydrogen-bond acceptors (Lipinski definition) is 7. The van der Waals surface area contributed by atoms with Crippen LogP contribution in [0.2, 0.25) is 0 Å². The van der Waals surface area contributed by atoms with E-state index in [4.69, 9.17) is 9.47 Å². The molecule has 0 saturated heterocycles. The lowest BCUT2D eigenvalue weighted by atomic mass is 10.1. The van der Waals surface area contributed by atoms with E-state index in [0.717, 1.165) is 5.69 Å². The molecule has 2 aromatic rings. The first-order valence-electron chi connectivity index (χ1n) is 8.98. The molecule has 1 amide bonds. The molecule has 150 valence electrons. The Kier molecular flexibility index (Phi) is 6.86. The van der Waals surface area contributed by atoms with Gasteiger partial charge in [0.15, 0.2) is 0 Å². The molecule has 0 aliphatic carbocycles. The molecule has 0 radical (unpaired) electrons. The number of carbonyl (C=O) groups excluding carboxylic acids is 3. The van der Waals surface area contributed by atoms with Gasteiger partial charge >= 0.3 is 11.9 Å². The van der Waals surface area contributed by atoms with E-state index >= 15 is 0 Å². The predicted molar refractivity (Wildman–Crippen MR) is 101 cm³/mol. The van der Waals surface area contributed by atoms with E-state index in [0.29, 0.717) is 12.2 Å². The van der Waals surface area contributed by atoms with E-state index < -0.39 is 29.3 Å². The highest BCUT2D eigenvalue weighted by atomic mass is 16.6. The lowest BCUT2D eigenvalue weighted by Gasteiger charge is -2.16. The normalized spacial score (nSPS) is 10.8. The Balaban J connectivity index is 2.46. The van der Waals surface area contributed by atoms with Gasteiger partial charge in [0.25, 0.3) is 5.91 Å². The van der Waals surface area contributed by atoms with Crippen LogP contribution in [0.25, 0.3) is 11.0 Å². The molecule has 9 heteroatoms. The number of aromatic nitrogens is 2. The lowest BCUT2D eigenvalue weighted by Crippen LogP contribution is -2.49. The van der Waals surface area contributed by atoms with E-state index in [1.165, 1.54) is 6.20 Å². The highest BCUT2D eigenvalue weighted by Gasteiger charge is 2.32. The van der Waals surface area contributed by atoms with Gasteiger partial charge in [-0.3, -0.25) is 9.59 Å². The van der Waals surface area contributed by atoms with E-state index in [1.54, 1.807) is 37.5 Å². The van der Waals surface area contributed by atoms with Gasteiger partial charge in [-0.25, -0.2) is 14.6 Å². The molecule has 2 rings (SSSR count). The molecular formula is C19H23N3O6. The molecule has 0 aliphatic rings. The van der Waals surface area contributed by atoms with Crippen molar-refractivity contribution < 1.29 is 23.9 Å². The number of fused-ring (bicyclic) bond motifs is 1. The molecular weight excluding hydrogens is 366 g/mol. The fourth-order valence-electron chi connectivity index (χ4n) is 2.64. The minimum atomic E-state index is -1.66. The van der Waals surface area contributed by atoms with Crippen LogP contribution in [0.5, 0.6) is 0 Å². The smallest absolute Gasteiger partial charge is 0.340 e. The predicted octanol–water partition coefficient (Wildman–Crippen LogP) is 0.949. The number of pyridine rings is 2. The first-order valence-corrected chi connectivity index (χ1v) is 8.98. The Morgan fingerprint density at radius 3 is 2.25 bits per heavy atom. The van der Waals surface area contributed by atoms with Crippen LogP contribution in [0, 0.1) is 6.92 Å². The highest BCUT2D eigenvalue weighted by molar-refractivity contribution is 6.06. The zero-order valence-corrected chi connectivity index (χ0v) is 16.3. The van der Waals surface area contributed by atoms with E-state index in [1.807, 2.05) is 6.92 Å². The summed E-state index contributed by atoms with van der Waals surface area (Å²) < 4.78 is 11.3. The number of hydrogen-bond donors (Lipinski definition) is 1. The van der Waals surface area contributed by atoms with Crippen LogP contribution in [0.15, 0.2) is 23.1 Å². The average Bonchev–Trinajstić information content (AvgIpc) is 2.66. The van der Waals surface area contributed by atoms with E-state index in [2.05, 4.69) is 10.3 Å². The standard InChI is InChI=1S/C19H23N3O6/c1-5-22-10-13(15(23)12-9-8-11(4)20-16(12)22)17(24)21-14(18(25)27-6-2)19(26)28-7-3/h8-10,14H,5-7H2,1-4H3,(H,21,24). The van der Waals surface area contributed by atoms with Crippen molar-refractivity contribution in [3.63, 3.8) is 0 Å². The van der Waals surface area contributed by atoms with Crippen molar-refractivity contribution in [1.82, 2.24) is 14.9 Å². The van der Waals surface area contributed by atoms with Crippen LogP contribution in [0.4, 0.5) is 0 Å². The third kappa shape index (κ3) is 4.36. The van der Waals surface area contributed by atoms with Gasteiger partial charge in [-0.05, 0) is 39.8 Å². The molecule has 1 N–H and O–H groups in total. The topological polar surface area (TPSA) is 117 Å². The molecule has 0 saturated carbocycles. The summed E-state index contributed by atoms with van der Waals surface area (Å²) in [7, 11) is 0. The maximum absolute atomic E-state index is 12.8. The van der Waals surface area contributed by atoms with Crippen molar-refractivity contribution in [2.75, 3.05) is 13.2 Å². The monoisotopic (exact) mass is 389 g/mol. The van der Waals surface area contributed by atoms with Crippen molar-refractivity contribution in [3.05, 3.63) is 39.8 Å². The quantitative estimate of drug-likeness (QED) is 0.553. The summed E-state index contributed by atoms with van der Waals surface area (Å²) in [6, 6.07) is 1.61. The number of nitrogens with zero attached hydrogens (tertiary/aromatic N) is 2. The third-order valence-electron chi connectivity index (χ3n) is 3.97. The zero-order chi connectivity index (χ0) is 20.8. The van der Waals surface area contributed by atoms with Crippen LogP contribution in [0.3, 0.4) is 0 Å². The highest BCUT2D eigenvalue weighted by Crippen LogP contribution is 2.11. The molecule has 28 heavy (non-hydrogen) atoms. The number of carbonyl (C=O) groups is 3. The van der Waals surface area contributed by atoms with Crippen LogP contribution < -0.4 is 10.7 Å². The minimum Gasteiger partial charge on any atom is -0.464 e. The fourth-order valence-corrected chi connectivity index (χ4v) is 2.64. The van der Waals surface area contributed by atoms with Gasteiger partial charge in [-0.15, -0.1) is 0 Å². The molecule has 0 fully saturated rings. The first kappa shape index (κ1) is 21.1. The summed E-state index contributed by atoms with van der Waals surface area (Å²) in [6.45, 7) is 7.29. The summed E-state index contributed by atoms with van der Waals surface area (Å²) in [6.07, 6.45) is 1.36. The Morgan fingerprint density at radius 2 is 1.71 bits per heavy atom. The van der Waals surface area contributed by atoms with Crippen molar-refractivity contribution >= 4 is 28.9 Å². The summed E-state index contributed by atoms with van der Waals surface area (Å²) in [5.74, 6) is -2.79. The van der Waals surface area contributed by atoms with Crippen LogP contribution >= 0.6 is 0 Å². The second-order valence-electron chi connectivity index (χ2n) is 5.89. The number of rotatable bonds is 7. The molecule has 2 heterocycles. The van der Waals surface area contributed by atoms with Gasteiger partial charge in [0.1, 0.15) is 11.2 Å². The molecule has 0 atom stereocenters. The average molecular weight is 389 g/mol. The van der Waals surface area contributed by atoms with E-state index in [-0.39, 0.29) is 24.2 Å².